The van der Waals surface area contributed by atoms with Crippen molar-refractivity contribution < 1.29 is 0 Å². The van der Waals surface area contributed by atoms with Crippen LogP contribution in [-0.4, -0.2) is 50.6 Å². The van der Waals surface area contributed by atoms with Crippen LogP contribution >= 0.6 is 0 Å². The van der Waals surface area contributed by atoms with Crippen LogP contribution < -0.4 is 5.32 Å². The summed E-state index contributed by atoms with van der Waals surface area (Å²) in [6.45, 7) is 5.54. The SMILES string of the molecule is CN(C)CCCN(C)Cc1ccc2c(c1)CNCC2. The molecule has 1 heterocycles. The Balaban J connectivity index is 1.85. The van der Waals surface area contributed by atoms with E-state index in [1.807, 2.05) is 0 Å². The van der Waals surface area contributed by atoms with Crippen LogP contribution in [0.5, 0.6) is 0 Å². The summed E-state index contributed by atoms with van der Waals surface area (Å²) in [4.78, 5) is 4.67. The lowest BCUT2D eigenvalue weighted by Crippen LogP contribution is -2.25. The molecule has 2 rings (SSSR count). The van der Waals surface area contributed by atoms with E-state index in [-0.39, 0.29) is 0 Å². The van der Waals surface area contributed by atoms with Crippen LogP contribution in [0.25, 0.3) is 0 Å². The van der Waals surface area contributed by atoms with Gasteiger partial charge in [-0.15, -0.1) is 0 Å². The summed E-state index contributed by atoms with van der Waals surface area (Å²) in [5.74, 6) is 0. The second-order valence-corrected chi connectivity index (χ2v) is 5.92. The van der Waals surface area contributed by atoms with Crippen molar-refractivity contribution in [1.29, 1.82) is 0 Å². The molecule has 3 nitrogen and oxygen atoms in total. The van der Waals surface area contributed by atoms with Gasteiger partial charge in [0.1, 0.15) is 0 Å². The number of rotatable bonds is 6. The number of nitrogens with zero attached hydrogens (tertiary/aromatic N) is 2. The van der Waals surface area contributed by atoms with E-state index in [1.165, 1.54) is 36.1 Å². The fourth-order valence-electron chi connectivity index (χ4n) is 2.68. The maximum atomic E-state index is 3.45. The van der Waals surface area contributed by atoms with Gasteiger partial charge in [-0.3, -0.25) is 0 Å². The molecule has 1 aromatic carbocycles. The summed E-state index contributed by atoms with van der Waals surface area (Å²) >= 11 is 0. The first kappa shape index (κ1) is 14.5. The minimum absolute atomic E-state index is 1.04. The highest BCUT2D eigenvalue weighted by atomic mass is 15.1. The molecule has 0 saturated carbocycles. The van der Waals surface area contributed by atoms with Gasteiger partial charge in [-0.2, -0.15) is 0 Å². The number of benzene rings is 1. The van der Waals surface area contributed by atoms with Crippen LogP contribution in [0.3, 0.4) is 0 Å². The number of hydrogen-bond acceptors (Lipinski definition) is 3. The zero-order valence-corrected chi connectivity index (χ0v) is 12.6. The molecule has 0 aliphatic carbocycles. The van der Waals surface area contributed by atoms with E-state index in [0.29, 0.717) is 0 Å². The zero-order chi connectivity index (χ0) is 13.7. The van der Waals surface area contributed by atoms with Crippen molar-refractivity contribution in [3.8, 4) is 0 Å². The summed E-state index contributed by atoms with van der Waals surface area (Å²) in [5.41, 5.74) is 4.46. The van der Waals surface area contributed by atoms with E-state index in [0.717, 1.165) is 26.2 Å². The van der Waals surface area contributed by atoms with Crippen molar-refractivity contribution >= 4 is 0 Å². The average Bonchev–Trinajstić information content (AvgIpc) is 2.38. The average molecular weight is 261 g/mol. The fourth-order valence-corrected chi connectivity index (χ4v) is 2.68. The minimum atomic E-state index is 1.04. The van der Waals surface area contributed by atoms with Crippen molar-refractivity contribution in [2.75, 3.05) is 40.8 Å². The maximum Gasteiger partial charge on any atom is 0.0230 e. The Morgan fingerprint density at radius 1 is 1.11 bits per heavy atom. The molecule has 0 radical (unpaired) electrons. The van der Waals surface area contributed by atoms with Crippen LogP contribution in [0.15, 0.2) is 18.2 Å². The first-order chi connectivity index (χ1) is 9.15. The maximum absolute atomic E-state index is 3.45. The number of hydrogen-bond donors (Lipinski definition) is 1. The van der Waals surface area contributed by atoms with E-state index in [1.54, 1.807) is 0 Å². The predicted octanol–water partition coefficient (Wildman–Crippen LogP) is 1.72. The summed E-state index contributed by atoms with van der Waals surface area (Å²) in [7, 11) is 6.49. The molecule has 106 valence electrons. The summed E-state index contributed by atoms with van der Waals surface area (Å²) in [6.07, 6.45) is 2.41. The van der Waals surface area contributed by atoms with Crippen LogP contribution in [0, 0.1) is 0 Å². The molecule has 1 aliphatic heterocycles. The molecule has 0 saturated heterocycles. The first-order valence-corrected chi connectivity index (χ1v) is 7.30. The van der Waals surface area contributed by atoms with Gasteiger partial charge in [0.25, 0.3) is 0 Å². The van der Waals surface area contributed by atoms with Gasteiger partial charge in [0.05, 0.1) is 0 Å². The first-order valence-electron chi connectivity index (χ1n) is 7.30. The molecular weight excluding hydrogens is 234 g/mol. The number of nitrogens with one attached hydrogen (secondary N) is 1. The lowest BCUT2D eigenvalue weighted by molar-refractivity contribution is 0.294. The number of fused-ring (bicyclic) bond motifs is 1. The molecule has 19 heavy (non-hydrogen) atoms. The van der Waals surface area contributed by atoms with Gasteiger partial charge in [-0.25, -0.2) is 0 Å². The summed E-state index contributed by atoms with van der Waals surface area (Å²) < 4.78 is 0. The van der Waals surface area contributed by atoms with Gasteiger partial charge in [0, 0.05) is 13.1 Å². The highest BCUT2D eigenvalue weighted by Crippen LogP contribution is 2.16. The van der Waals surface area contributed by atoms with Gasteiger partial charge in [-0.1, -0.05) is 18.2 Å². The van der Waals surface area contributed by atoms with E-state index < -0.39 is 0 Å². The molecule has 0 aromatic heterocycles. The smallest absolute Gasteiger partial charge is 0.0230 e. The van der Waals surface area contributed by atoms with E-state index in [2.05, 4.69) is 54.5 Å². The van der Waals surface area contributed by atoms with Crippen molar-refractivity contribution in [3.05, 3.63) is 34.9 Å². The molecular formula is C16H27N3. The molecule has 1 aliphatic rings. The third kappa shape index (κ3) is 4.60. The largest absolute Gasteiger partial charge is 0.312 e. The second-order valence-electron chi connectivity index (χ2n) is 5.92. The highest BCUT2D eigenvalue weighted by Gasteiger charge is 2.09. The molecule has 0 spiro atoms. The van der Waals surface area contributed by atoms with E-state index in [4.69, 9.17) is 0 Å². The molecule has 3 heteroatoms. The van der Waals surface area contributed by atoms with Gasteiger partial charge in [0.15, 0.2) is 0 Å². The Labute approximate surface area is 117 Å². The zero-order valence-electron chi connectivity index (χ0n) is 12.6. The monoisotopic (exact) mass is 261 g/mol. The standard InChI is InChI=1S/C16H27N3/c1-18(2)9-4-10-19(3)13-14-5-6-15-7-8-17-12-16(15)11-14/h5-6,11,17H,4,7-10,12-13H2,1-3H3. The third-order valence-corrected chi connectivity index (χ3v) is 3.75. The normalized spacial score (nSPS) is 15.0. The minimum Gasteiger partial charge on any atom is -0.312 e. The quantitative estimate of drug-likeness (QED) is 0.841. The van der Waals surface area contributed by atoms with Crippen molar-refractivity contribution in [1.82, 2.24) is 15.1 Å². The Hall–Kier alpha value is -0.900. The molecule has 0 unspecified atom stereocenters. The van der Waals surface area contributed by atoms with Crippen molar-refractivity contribution in [2.24, 2.45) is 0 Å². The second kappa shape index (κ2) is 7.04. The van der Waals surface area contributed by atoms with Gasteiger partial charge < -0.3 is 15.1 Å². The fraction of sp³-hybridized carbons (Fsp3) is 0.625. The molecule has 0 fully saturated rings. The van der Waals surface area contributed by atoms with Crippen LogP contribution in [0.4, 0.5) is 0 Å². The van der Waals surface area contributed by atoms with E-state index in [9.17, 15) is 0 Å². The molecule has 0 atom stereocenters. The third-order valence-electron chi connectivity index (χ3n) is 3.75. The van der Waals surface area contributed by atoms with Crippen molar-refractivity contribution in [3.63, 3.8) is 0 Å². The lowest BCUT2D eigenvalue weighted by Gasteiger charge is -2.21. The van der Waals surface area contributed by atoms with Gasteiger partial charge >= 0.3 is 0 Å². The van der Waals surface area contributed by atoms with Crippen molar-refractivity contribution in [2.45, 2.75) is 25.9 Å². The van der Waals surface area contributed by atoms with Crippen LogP contribution in [0.2, 0.25) is 0 Å². The lowest BCUT2D eigenvalue weighted by atomic mass is 9.98. The van der Waals surface area contributed by atoms with Gasteiger partial charge in [-0.05, 0) is 70.3 Å². The molecule has 1 N–H and O–H groups in total. The summed E-state index contributed by atoms with van der Waals surface area (Å²) in [5, 5.41) is 3.45. The highest BCUT2D eigenvalue weighted by molar-refractivity contribution is 5.33. The van der Waals surface area contributed by atoms with Crippen LogP contribution in [-0.2, 0) is 19.5 Å². The van der Waals surface area contributed by atoms with Gasteiger partial charge in [0.2, 0.25) is 0 Å². The molecule has 0 amide bonds. The Morgan fingerprint density at radius 2 is 1.95 bits per heavy atom. The van der Waals surface area contributed by atoms with E-state index >= 15 is 0 Å². The molecule has 0 bridgehead atoms. The molecule has 1 aromatic rings. The topological polar surface area (TPSA) is 18.5 Å². The Bertz CT molecular complexity index is 401. The Morgan fingerprint density at radius 3 is 2.74 bits per heavy atom. The van der Waals surface area contributed by atoms with Crippen LogP contribution in [0.1, 0.15) is 23.1 Å². The predicted molar refractivity (Wildman–Crippen MR) is 81.4 cm³/mol. The Kier molecular flexibility index (Phi) is 5.37. The summed E-state index contributed by atoms with van der Waals surface area (Å²) in [6, 6.07) is 7.00.